The van der Waals surface area contributed by atoms with Crippen molar-refractivity contribution < 1.29 is 49.8 Å². The summed E-state index contributed by atoms with van der Waals surface area (Å²) in [4.78, 5) is 54.4. The SMILES string of the molecule is CN(C)[C@@H]1C(=O)C(C(=O)NCNC2(C(=O)O)CCCC2)=C(O)[C@]2(O)C(=O)C3=C(O)c4c(O)cccc4[C@](C)(O)[C@H]3C[C@@H]12. The van der Waals surface area contributed by atoms with Crippen molar-refractivity contribution in [2.24, 2.45) is 11.8 Å². The van der Waals surface area contributed by atoms with E-state index in [1.807, 2.05) is 0 Å². The summed E-state index contributed by atoms with van der Waals surface area (Å²) in [7, 11) is 3.00. The molecular formula is C29H35N3O10. The molecule has 0 aromatic heterocycles. The van der Waals surface area contributed by atoms with Gasteiger partial charge in [0.2, 0.25) is 5.78 Å². The fourth-order valence-electron chi connectivity index (χ4n) is 7.31. The van der Waals surface area contributed by atoms with Crippen molar-refractivity contribution in [1.82, 2.24) is 15.5 Å². The molecule has 0 aliphatic heterocycles. The molecule has 2 fully saturated rings. The number of aliphatic carboxylic acids is 1. The molecule has 4 aliphatic rings. The molecule has 0 heterocycles. The number of nitrogens with one attached hydrogen (secondary N) is 2. The number of carboxylic acids is 1. The molecule has 226 valence electrons. The van der Waals surface area contributed by atoms with Crippen LogP contribution in [0, 0.1) is 11.8 Å². The number of nitrogens with zero attached hydrogens (tertiary/aromatic N) is 1. The molecule has 0 bridgehead atoms. The Morgan fingerprint density at radius 1 is 1.07 bits per heavy atom. The first-order chi connectivity index (χ1) is 19.6. The van der Waals surface area contributed by atoms with E-state index in [0.29, 0.717) is 25.7 Å². The first-order valence-corrected chi connectivity index (χ1v) is 13.8. The van der Waals surface area contributed by atoms with E-state index in [0.717, 1.165) is 0 Å². The van der Waals surface area contributed by atoms with Crippen molar-refractivity contribution in [3.05, 3.63) is 46.2 Å². The third-order valence-corrected chi connectivity index (χ3v) is 9.54. The number of rotatable bonds is 6. The molecule has 2 saturated carbocycles. The topological polar surface area (TPSA) is 217 Å². The van der Waals surface area contributed by atoms with Gasteiger partial charge in [-0.3, -0.25) is 29.4 Å². The summed E-state index contributed by atoms with van der Waals surface area (Å²) in [6.45, 7) is 1.02. The second kappa shape index (κ2) is 9.90. The number of aliphatic hydroxyl groups is 4. The number of carbonyl (C=O) groups is 4. The number of carboxylic acid groups (broad SMARTS) is 1. The Bertz CT molecular complexity index is 1460. The second-order valence-corrected chi connectivity index (χ2v) is 12.0. The van der Waals surface area contributed by atoms with Gasteiger partial charge in [-0.05, 0) is 51.9 Å². The van der Waals surface area contributed by atoms with Gasteiger partial charge in [0, 0.05) is 17.4 Å². The molecule has 0 radical (unpaired) electrons. The lowest BCUT2D eigenvalue weighted by Gasteiger charge is -2.53. The van der Waals surface area contributed by atoms with Crippen LogP contribution in [0.15, 0.2) is 35.1 Å². The fourth-order valence-corrected chi connectivity index (χ4v) is 7.31. The Hall–Kier alpha value is -3.78. The summed E-state index contributed by atoms with van der Waals surface area (Å²) in [6, 6.07) is 2.91. The number of likely N-dealkylation sites (N-methyl/N-ethyl adjacent to an activating group) is 1. The van der Waals surface area contributed by atoms with Crippen molar-refractivity contribution in [2.45, 2.75) is 61.8 Å². The van der Waals surface area contributed by atoms with E-state index < -0.39 is 86.5 Å². The van der Waals surface area contributed by atoms with Crippen LogP contribution in [-0.2, 0) is 24.8 Å². The smallest absolute Gasteiger partial charge is 0.323 e. The number of ketones is 2. The molecule has 5 atom stereocenters. The van der Waals surface area contributed by atoms with Gasteiger partial charge in [0.1, 0.15) is 28.4 Å². The minimum absolute atomic E-state index is 0.143. The maximum absolute atomic E-state index is 14.1. The van der Waals surface area contributed by atoms with E-state index in [1.54, 1.807) is 0 Å². The minimum atomic E-state index is -2.84. The van der Waals surface area contributed by atoms with E-state index in [1.165, 1.54) is 44.1 Å². The van der Waals surface area contributed by atoms with Crippen LogP contribution < -0.4 is 10.6 Å². The number of amides is 1. The molecule has 1 aromatic carbocycles. The Labute approximate surface area is 241 Å². The molecule has 0 saturated heterocycles. The van der Waals surface area contributed by atoms with Crippen molar-refractivity contribution in [2.75, 3.05) is 20.8 Å². The molecule has 8 N–H and O–H groups in total. The lowest BCUT2D eigenvalue weighted by Crippen LogP contribution is -2.67. The zero-order chi connectivity index (χ0) is 30.9. The summed E-state index contributed by atoms with van der Waals surface area (Å²) >= 11 is 0. The number of aromatic hydroxyl groups is 1. The Morgan fingerprint density at radius 2 is 1.71 bits per heavy atom. The molecular weight excluding hydrogens is 550 g/mol. The Morgan fingerprint density at radius 3 is 2.31 bits per heavy atom. The highest BCUT2D eigenvalue weighted by atomic mass is 16.4. The van der Waals surface area contributed by atoms with Crippen LogP contribution >= 0.6 is 0 Å². The van der Waals surface area contributed by atoms with E-state index in [9.17, 15) is 49.8 Å². The van der Waals surface area contributed by atoms with Gasteiger partial charge in [-0.2, -0.15) is 0 Å². The summed E-state index contributed by atoms with van der Waals surface area (Å²) < 4.78 is 0. The Balaban J connectivity index is 1.57. The number of hydrogen-bond donors (Lipinski definition) is 8. The number of phenols is 1. The predicted molar refractivity (Wildman–Crippen MR) is 146 cm³/mol. The third kappa shape index (κ3) is 3.98. The number of phenolic OH excluding ortho intramolecular Hbond substituents is 1. The standard InChI is InChI=1S/C29H35N3O10/c1-27(41)13-7-6-8-16(33)17(13)21(34)18-14(27)11-15-20(32(2)3)22(35)19(24(37)29(15,42)23(18)36)25(38)30-12-31-28(26(39)40)9-4-5-10-28/h6-8,14-15,20,31,33-34,37,41-42H,4-5,9-12H2,1-3H3,(H,30,38)(H,39,40)/t14-,15-,20-,27-,29+/m0/s1. The average molecular weight is 586 g/mol. The molecule has 5 rings (SSSR count). The van der Waals surface area contributed by atoms with Gasteiger partial charge in [-0.25, -0.2) is 0 Å². The highest BCUT2D eigenvalue weighted by molar-refractivity contribution is 6.25. The lowest BCUT2D eigenvalue weighted by atomic mass is 9.54. The van der Waals surface area contributed by atoms with Crippen molar-refractivity contribution in [3.63, 3.8) is 0 Å². The van der Waals surface area contributed by atoms with Crippen molar-refractivity contribution in [3.8, 4) is 5.75 Å². The maximum Gasteiger partial charge on any atom is 0.323 e. The summed E-state index contributed by atoms with van der Waals surface area (Å²) in [5, 5.41) is 71.4. The second-order valence-electron chi connectivity index (χ2n) is 12.0. The lowest BCUT2D eigenvalue weighted by molar-refractivity contribution is -0.159. The fraction of sp³-hybridized carbons (Fsp3) is 0.517. The van der Waals surface area contributed by atoms with Gasteiger partial charge in [0.25, 0.3) is 5.91 Å². The quantitative estimate of drug-likeness (QED) is 0.166. The number of carbonyl (C=O) groups excluding carboxylic acids is 3. The van der Waals surface area contributed by atoms with Crippen molar-refractivity contribution in [1.29, 1.82) is 0 Å². The number of Topliss-reactive ketones (excluding diaryl/α,β-unsaturated/α-hetero) is 2. The number of fused-ring (bicyclic) bond motifs is 3. The Kier molecular flexibility index (Phi) is 7.00. The zero-order valence-electron chi connectivity index (χ0n) is 23.5. The van der Waals surface area contributed by atoms with E-state index in [4.69, 9.17) is 0 Å². The molecule has 1 aromatic rings. The molecule has 4 aliphatic carbocycles. The van der Waals surface area contributed by atoms with Crippen LogP contribution in [0.25, 0.3) is 5.76 Å². The average Bonchev–Trinajstić information content (AvgIpc) is 3.39. The maximum atomic E-state index is 14.1. The van der Waals surface area contributed by atoms with E-state index in [-0.39, 0.29) is 24.2 Å². The third-order valence-electron chi connectivity index (χ3n) is 9.54. The summed E-state index contributed by atoms with van der Waals surface area (Å²) in [6.07, 6.45) is 1.78. The van der Waals surface area contributed by atoms with Gasteiger partial charge in [0.05, 0.1) is 23.9 Å². The molecule has 13 nitrogen and oxygen atoms in total. The first-order valence-electron chi connectivity index (χ1n) is 13.8. The van der Waals surface area contributed by atoms with E-state index in [2.05, 4.69) is 10.6 Å². The van der Waals surface area contributed by atoms with Crippen LogP contribution in [0.4, 0.5) is 0 Å². The van der Waals surface area contributed by atoms with Gasteiger partial charge >= 0.3 is 5.97 Å². The molecule has 0 spiro atoms. The van der Waals surface area contributed by atoms with E-state index >= 15 is 0 Å². The highest BCUT2D eigenvalue weighted by Gasteiger charge is 2.66. The van der Waals surface area contributed by atoms with Gasteiger partial charge in [-0.15, -0.1) is 0 Å². The van der Waals surface area contributed by atoms with Gasteiger partial charge < -0.3 is 36.0 Å². The largest absolute Gasteiger partial charge is 0.508 e. The molecule has 1 amide bonds. The van der Waals surface area contributed by atoms with Crippen LogP contribution in [0.1, 0.15) is 50.2 Å². The molecule has 42 heavy (non-hydrogen) atoms. The van der Waals surface area contributed by atoms with Crippen LogP contribution in [0.2, 0.25) is 0 Å². The normalized spacial score (nSPS) is 32.0. The first kappa shape index (κ1) is 29.7. The monoisotopic (exact) mass is 585 g/mol. The van der Waals surface area contributed by atoms with Gasteiger partial charge in [-0.1, -0.05) is 25.0 Å². The summed E-state index contributed by atoms with van der Waals surface area (Å²) in [5.74, 6) is -9.08. The predicted octanol–water partition coefficient (Wildman–Crippen LogP) is 0.204. The number of aliphatic hydroxyl groups excluding tert-OH is 2. The van der Waals surface area contributed by atoms with Crippen LogP contribution in [-0.4, -0.2) is 96.9 Å². The van der Waals surface area contributed by atoms with Crippen molar-refractivity contribution >= 4 is 29.2 Å². The summed E-state index contributed by atoms with van der Waals surface area (Å²) in [5.41, 5.74) is -7.30. The van der Waals surface area contributed by atoms with Gasteiger partial charge in [0.15, 0.2) is 11.4 Å². The molecule has 0 unspecified atom stereocenters. The highest BCUT2D eigenvalue weighted by Crippen LogP contribution is 2.57. The zero-order valence-corrected chi connectivity index (χ0v) is 23.5. The molecule has 13 heteroatoms. The number of hydrogen-bond acceptors (Lipinski definition) is 11. The van der Waals surface area contributed by atoms with Crippen LogP contribution in [0.3, 0.4) is 0 Å². The number of benzene rings is 1. The minimum Gasteiger partial charge on any atom is -0.508 e. The van der Waals surface area contributed by atoms with Crippen LogP contribution in [0.5, 0.6) is 5.75 Å².